The van der Waals surface area contributed by atoms with E-state index in [2.05, 4.69) is 15.5 Å². The smallest absolute Gasteiger partial charge is 0.274 e. The Morgan fingerprint density at radius 2 is 1.68 bits per heavy atom. The molecule has 2 amide bonds. The first-order valence-electron chi connectivity index (χ1n) is 9.14. The van der Waals surface area contributed by atoms with Gasteiger partial charge in [-0.25, -0.2) is 0 Å². The van der Waals surface area contributed by atoms with E-state index in [-0.39, 0.29) is 17.5 Å². The Morgan fingerprint density at radius 3 is 2.32 bits per heavy atom. The zero-order valence-electron chi connectivity index (χ0n) is 15.2. The van der Waals surface area contributed by atoms with Crippen LogP contribution in [0.1, 0.15) is 32.1 Å². The largest absolute Gasteiger partial charge is 0.335 e. The van der Waals surface area contributed by atoms with Crippen molar-refractivity contribution in [2.45, 2.75) is 13.0 Å². The Hall–Kier alpha value is -3.27. The van der Waals surface area contributed by atoms with Crippen molar-refractivity contribution in [1.82, 2.24) is 25.3 Å². The molecule has 0 aliphatic carbocycles. The van der Waals surface area contributed by atoms with Gasteiger partial charge in [0.25, 0.3) is 17.5 Å². The lowest BCUT2D eigenvalue weighted by Crippen LogP contribution is -2.50. The minimum Gasteiger partial charge on any atom is -0.335 e. The molecule has 1 aromatic carbocycles. The number of rotatable bonds is 3. The van der Waals surface area contributed by atoms with Gasteiger partial charge in [0, 0.05) is 74.6 Å². The number of carbonyl (C=O) groups is 2. The molecule has 2 aliphatic heterocycles. The van der Waals surface area contributed by atoms with E-state index >= 15 is 0 Å². The van der Waals surface area contributed by atoms with Crippen molar-refractivity contribution in [1.29, 1.82) is 0 Å². The Balaban J connectivity index is 1.39. The molecule has 10 heteroatoms. The third-order valence-electron chi connectivity index (χ3n) is 5.19. The average molecular weight is 384 g/mol. The third kappa shape index (κ3) is 3.33. The molecule has 3 heterocycles. The van der Waals surface area contributed by atoms with E-state index in [0.29, 0.717) is 44.0 Å². The zero-order chi connectivity index (χ0) is 19.7. The molecule has 2 aliphatic rings. The van der Waals surface area contributed by atoms with Gasteiger partial charge in [-0.15, -0.1) is 0 Å². The summed E-state index contributed by atoms with van der Waals surface area (Å²) >= 11 is 0. The van der Waals surface area contributed by atoms with E-state index in [1.165, 1.54) is 24.3 Å². The summed E-state index contributed by atoms with van der Waals surface area (Å²) in [6, 6.07) is 5.56. The van der Waals surface area contributed by atoms with E-state index in [9.17, 15) is 19.7 Å². The number of H-pyrrole nitrogens is 1. The van der Waals surface area contributed by atoms with Crippen LogP contribution in [0.5, 0.6) is 0 Å². The van der Waals surface area contributed by atoms with Crippen LogP contribution < -0.4 is 5.32 Å². The predicted octanol–water partition coefficient (Wildman–Crippen LogP) is 0.562. The van der Waals surface area contributed by atoms with E-state index < -0.39 is 4.92 Å². The number of hydrogen-bond donors (Lipinski definition) is 2. The maximum absolute atomic E-state index is 12.8. The van der Waals surface area contributed by atoms with Gasteiger partial charge in [-0.05, 0) is 12.1 Å². The molecule has 1 saturated heterocycles. The molecule has 4 rings (SSSR count). The highest BCUT2D eigenvalue weighted by atomic mass is 16.6. The van der Waals surface area contributed by atoms with Crippen molar-refractivity contribution in [3.63, 3.8) is 0 Å². The van der Waals surface area contributed by atoms with E-state index in [4.69, 9.17) is 0 Å². The van der Waals surface area contributed by atoms with Gasteiger partial charge in [-0.2, -0.15) is 5.10 Å². The van der Waals surface area contributed by atoms with Gasteiger partial charge in [0.2, 0.25) is 0 Å². The second-order valence-corrected chi connectivity index (χ2v) is 6.84. The standard InChI is InChI=1S/C18H20N6O4/c25-17(12-1-3-13(4-2-12)24(27)28)22-7-9-23(10-8-22)18(26)16-14-11-19-6-5-15(14)20-21-16/h1-4,19H,5-11H2,(H,20,21). The van der Waals surface area contributed by atoms with Gasteiger partial charge in [0.05, 0.1) is 4.92 Å². The van der Waals surface area contributed by atoms with Crippen LogP contribution in [-0.4, -0.2) is 69.5 Å². The Bertz CT molecular complexity index is 915. The van der Waals surface area contributed by atoms with E-state index in [0.717, 1.165) is 24.2 Å². The number of hydrogen-bond acceptors (Lipinski definition) is 6. The summed E-state index contributed by atoms with van der Waals surface area (Å²) < 4.78 is 0. The lowest BCUT2D eigenvalue weighted by molar-refractivity contribution is -0.384. The summed E-state index contributed by atoms with van der Waals surface area (Å²) in [5.74, 6) is -0.313. The summed E-state index contributed by atoms with van der Waals surface area (Å²) in [5.41, 5.74) is 2.74. The number of piperazine rings is 1. The molecule has 0 atom stereocenters. The van der Waals surface area contributed by atoms with Crippen molar-refractivity contribution in [2.75, 3.05) is 32.7 Å². The van der Waals surface area contributed by atoms with Crippen molar-refractivity contribution < 1.29 is 14.5 Å². The SMILES string of the molecule is O=C(c1ccc([N+](=O)[O-])cc1)N1CCN(C(=O)c2n[nH]c3c2CNCC3)CC1. The van der Waals surface area contributed by atoms with Crippen LogP contribution in [0, 0.1) is 10.1 Å². The lowest BCUT2D eigenvalue weighted by Gasteiger charge is -2.34. The molecule has 0 bridgehead atoms. The van der Waals surface area contributed by atoms with Gasteiger partial charge < -0.3 is 15.1 Å². The first-order valence-corrected chi connectivity index (χ1v) is 9.14. The summed E-state index contributed by atoms with van der Waals surface area (Å²) in [7, 11) is 0. The van der Waals surface area contributed by atoms with Crippen LogP contribution in [0.3, 0.4) is 0 Å². The minimum absolute atomic E-state index is 0.0520. The quantitative estimate of drug-likeness (QED) is 0.589. The number of benzene rings is 1. The normalized spacial score (nSPS) is 16.6. The van der Waals surface area contributed by atoms with Crippen LogP contribution in [0.4, 0.5) is 5.69 Å². The molecule has 0 saturated carbocycles. The first kappa shape index (κ1) is 18.1. The molecule has 2 aromatic rings. The number of nitrogens with zero attached hydrogens (tertiary/aromatic N) is 4. The summed E-state index contributed by atoms with van der Waals surface area (Å²) in [6.45, 7) is 3.16. The number of aromatic amines is 1. The molecule has 0 spiro atoms. The summed E-state index contributed by atoms with van der Waals surface area (Å²) in [4.78, 5) is 39.0. The number of nitro benzene ring substituents is 1. The first-order chi connectivity index (χ1) is 13.5. The Labute approximate surface area is 160 Å². The Morgan fingerprint density at radius 1 is 1.04 bits per heavy atom. The molecule has 146 valence electrons. The van der Waals surface area contributed by atoms with Gasteiger partial charge in [-0.3, -0.25) is 24.8 Å². The third-order valence-corrected chi connectivity index (χ3v) is 5.19. The van der Waals surface area contributed by atoms with Gasteiger partial charge >= 0.3 is 0 Å². The van der Waals surface area contributed by atoms with Crippen LogP contribution in [-0.2, 0) is 13.0 Å². The molecular weight excluding hydrogens is 364 g/mol. The predicted molar refractivity (Wildman–Crippen MR) is 98.9 cm³/mol. The highest BCUT2D eigenvalue weighted by Gasteiger charge is 2.29. The van der Waals surface area contributed by atoms with Crippen LogP contribution in [0.25, 0.3) is 0 Å². The fourth-order valence-electron chi connectivity index (χ4n) is 3.57. The second-order valence-electron chi connectivity index (χ2n) is 6.84. The molecule has 10 nitrogen and oxygen atoms in total. The molecular formula is C18H20N6O4. The zero-order valence-corrected chi connectivity index (χ0v) is 15.2. The second kappa shape index (κ2) is 7.39. The lowest BCUT2D eigenvalue weighted by atomic mass is 10.1. The fourth-order valence-corrected chi connectivity index (χ4v) is 3.57. The molecule has 0 unspecified atom stereocenters. The molecule has 28 heavy (non-hydrogen) atoms. The van der Waals surface area contributed by atoms with E-state index in [1.807, 2.05) is 0 Å². The van der Waals surface area contributed by atoms with Gasteiger partial charge in [-0.1, -0.05) is 0 Å². The van der Waals surface area contributed by atoms with Gasteiger partial charge in [0.1, 0.15) is 0 Å². The number of fused-ring (bicyclic) bond motifs is 1. The summed E-state index contributed by atoms with van der Waals surface area (Å²) in [6.07, 6.45) is 0.827. The van der Waals surface area contributed by atoms with Gasteiger partial charge in [0.15, 0.2) is 5.69 Å². The van der Waals surface area contributed by atoms with E-state index in [1.54, 1.807) is 9.80 Å². The fraction of sp³-hybridized carbons (Fsp3) is 0.389. The van der Waals surface area contributed by atoms with Crippen molar-refractivity contribution >= 4 is 17.5 Å². The van der Waals surface area contributed by atoms with Crippen LogP contribution in [0.2, 0.25) is 0 Å². The number of non-ortho nitro benzene ring substituents is 1. The van der Waals surface area contributed by atoms with Crippen molar-refractivity contribution in [2.24, 2.45) is 0 Å². The maximum atomic E-state index is 12.8. The average Bonchev–Trinajstić information content (AvgIpc) is 3.17. The van der Waals surface area contributed by atoms with Crippen molar-refractivity contribution in [3.05, 3.63) is 56.9 Å². The number of aromatic nitrogens is 2. The highest BCUT2D eigenvalue weighted by Crippen LogP contribution is 2.19. The van der Waals surface area contributed by atoms with Crippen molar-refractivity contribution in [3.8, 4) is 0 Å². The monoisotopic (exact) mass is 384 g/mol. The molecule has 2 N–H and O–H groups in total. The molecule has 0 radical (unpaired) electrons. The highest BCUT2D eigenvalue weighted by molar-refractivity contribution is 5.96. The number of carbonyl (C=O) groups excluding carboxylic acids is 2. The Kier molecular flexibility index (Phi) is 4.78. The molecule has 1 fully saturated rings. The topological polar surface area (TPSA) is 124 Å². The van der Waals surface area contributed by atoms with Crippen LogP contribution >= 0.6 is 0 Å². The minimum atomic E-state index is -0.498. The number of amides is 2. The summed E-state index contributed by atoms with van der Waals surface area (Å²) in [5, 5.41) is 21.1. The maximum Gasteiger partial charge on any atom is 0.274 e. The molecule has 1 aromatic heterocycles. The number of nitrogens with one attached hydrogen (secondary N) is 2. The van der Waals surface area contributed by atoms with Crippen LogP contribution in [0.15, 0.2) is 24.3 Å². The number of nitro groups is 1.